The van der Waals surface area contributed by atoms with Gasteiger partial charge in [-0.1, -0.05) is 22.9 Å². The highest BCUT2D eigenvalue weighted by atomic mass is 35.5. The van der Waals surface area contributed by atoms with Crippen LogP contribution < -0.4 is 11.2 Å². The first-order chi connectivity index (χ1) is 13.9. The van der Waals surface area contributed by atoms with Crippen molar-refractivity contribution < 1.29 is 9.84 Å². The number of halogens is 1. The number of H-pyrrole nitrogens is 1. The van der Waals surface area contributed by atoms with Gasteiger partial charge in [-0.2, -0.15) is 0 Å². The van der Waals surface area contributed by atoms with Crippen LogP contribution in [-0.2, 0) is 4.74 Å². The van der Waals surface area contributed by atoms with Crippen LogP contribution in [0.5, 0.6) is 0 Å². The van der Waals surface area contributed by atoms with Crippen LogP contribution >= 0.6 is 11.6 Å². The van der Waals surface area contributed by atoms with Crippen molar-refractivity contribution in [1.29, 1.82) is 0 Å². The number of ether oxygens (including phenoxy) is 1. The van der Waals surface area contributed by atoms with Crippen molar-refractivity contribution in [2.45, 2.75) is 38.6 Å². The summed E-state index contributed by atoms with van der Waals surface area (Å²) in [7, 11) is 0. The van der Waals surface area contributed by atoms with E-state index in [0.717, 1.165) is 11.1 Å². The fourth-order valence-electron chi connectivity index (χ4n) is 3.50. The third-order valence-electron chi connectivity index (χ3n) is 5.14. The van der Waals surface area contributed by atoms with Gasteiger partial charge in [-0.05, 0) is 31.5 Å². The molecule has 152 valence electrons. The summed E-state index contributed by atoms with van der Waals surface area (Å²) < 4.78 is 8.85. The summed E-state index contributed by atoms with van der Waals surface area (Å²) in [4.78, 5) is 26.1. The normalized spacial score (nSPS) is 21.6. The number of nitrogens with one attached hydrogen (secondary N) is 1. The molecule has 3 unspecified atom stereocenters. The molecule has 1 fully saturated rings. The van der Waals surface area contributed by atoms with Crippen molar-refractivity contribution >= 4 is 11.6 Å². The second-order valence-electron chi connectivity index (χ2n) is 7.14. The van der Waals surface area contributed by atoms with Crippen LogP contribution in [-0.4, -0.2) is 42.4 Å². The molecule has 4 rings (SSSR count). The molecule has 0 bridgehead atoms. The zero-order valence-corrected chi connectivity index (χ0v) is 16.6. The van der Waals surface area contributed by atoms with E-state index in [2.05, 4.69) is 15.3 Å². The lowest BCUT2D eigenvalue weighted by Gasteiger charge is -2.15. The second kappa shape index (κ2) is 7.58. The van der Waals surface area contributed by atoms with Crippen molar-refractivity contribution in [2.75, 3.05) is 6.61 Å². The maximum absolute atomic E-state index is 12.2. The fourth-order valence-corrected chi connectivity index (χ4v) is 3.62. The summed E-state index contributed by atoms with van der Waals surface area (Å²) in [6, 6.07) is 5.28. The molecule has 3 atom stereocenters. The van der Waals surface area contributed by atoms with E-state index in [0.29, 0.717) is 22.7 Å². The Labute approximate surface area is 170 Å². The van der Waals surface area contributed by atoms with Crippen LogP contribution in [0.2, 0.25) is 5.02 Å². The van der Waals surface area contributed by atoms with E-state index in [4.69, 9.17) is 16.3 Å². The van der Waals surface area contributed by atoms with E-state index in [1.54, 1.807) is 23.9 Å². The zero-order valence-electron chi connectivity index (χ0n) is 15.9. The molecule has 1 aliphatic heterocycles. The molecule has 0 radical (unpaired) electrons. The molecule has 2 N–H and O–H groups in total. The molecule has 0 amide bonds. The highest BCUT2D eigenvalue weighted by Gasteiger charge is 2.38. The minimum Gasteiger partial charge on any atom is -0.394 e. The number of aromatic nitrogens is 5. The number of aliphatic hydroxyl groups excluding tert-OH is 1. The van der Waals surface area contributed by atoms with Gasteiger partial charge in [0.2, 0.25) is 0 Å². The molecular weight excluding hydrogens is 398 g/mol. The van der Waals surface area contributed by atoms with Gasteiger partial charge in [0.1, 0.15) is 18.0 Å². The molecule has 10 heteroatoms. The topological polar surface area (TPSA) is 115 Å². The number of hydrogen-bond acceptors (Lipinski definition) is 6. The largest absolute Gasteiger partial charge is 0.394 e. The number of benzene rings is 1. The van der Waals surface area contributed by atoms with Gasteiger partial charge in [-0.25, -0.2) is 9.48 Å². The lowest BCUT2D eigenvalue weighted by Crippen LogP contribution is -2.33. The van der Waals surface area contributed by atoms with Crippen LogP contribution in [0.25, 0.3) is 11.3 Å². The first kappa shape index (κ1) is 19.6. The maximum atomic E-state index is 12.2. The molecule has 3 aromatic rings. The van der Waals surface area contributed by atoms with Crippen molar-refractivity contribution in [3.63, 3.8) is 0 Å². The number of hydrogen-bond donors (Lipinski definition) is 2. The Hall–Kier alpha value is -2.75. The van der Waals surface area contributed by atoms with Crippen LogP contribution in [0.15, 0.2) is 40.2 Å². The lowest BCUT2D eigenvalue weighted by atomic mass is 10.1. The first-order valence-electron chi connectivity index (χ1n) is 9.14. The zero-order chi connectivity index (χ0) is 20.7. The summed E-state index contributed by atoms with van der Waals surface area (Å²) in [5, 5.41) is 18.9. The van der Waals surface area contributed by atoms with E-state index in [1.807, 2.05) is 19.1 Å². The third-order valence-corrected chi connectivity index (χ3v) is 5.57. The Morgan fingerprint density at radius 1 is 1.28 bits per heavy atom. The van der Waals surface area contributed by atoms with E-state index >= 15 is 0 Å². The van der Waals surface area contributed by atoms with Gasteiger partial charge in [-0.15, -0.1) is 5.10 Å². The van der Waals surface area contributed by atoms with Gasteiger partial charge < -0.3 is 9.84 Å². The quantitative estimate of drug-likeness (QED) is 0.666. The Kier molecular flexibility index (Phi) is 5.12. The Bertz CT molecular complexity index is 1170. The molecule has 0 spiro atoms. The second-order valence-corrected chi connectivity index (χ2v) is 7.55. The Morgan fingerprint density at radius 3 is 2.79 bits per heavy atom. The number of aliphatic hydroxyl groups is 1. The predicted octanol–water partition coefficient (Wildman–Crippen LogP) is 1.59. The number of nitrogens with zero attached hydrogens (tertiary/aromatic N) is 4. The molecule has 2 aromatic heterocycles. The van der Waals surface area contributed by atoms with Crippen molar-refractivity contribution in [1.82, 2.24) is 24.5 Å². The summed E-state index contributed by atoms with van der Waals surface area (Å²) >= 11 is 6.09. The van der Waals surface area contributed by atoms with E-state index in [9.17, 15) is 14.7 Å². The van der Waals surface area contributed by atoms with Crippen LogP contribution in [0.4, 0.5) is 0 Å². The summed E-state index contributed by atoms with van der Waals surface area (Å²) in [5.74, 6) is 0. The highest BCUT2D eigenvalue weighted by molar-refractivity contribution is 6.31. The Morgan fingerprint density at radius 2 is 2.07 bits per heavy atom. The average Bonchev–Trinajstić information content (AvgIpc) is 3.33. The van der Waals surface area contributed by atoms with Crippen LogP contribution in [0.3, 0.4) is 0 Å². The van der Waals surface area contributed by atoms with E-state index < -0.39 is 23.6 Å². The van der Waals surface area contributed by atoms with Gasteiger partial charge in [0.15, 0.2) is 0 Å². The minimum atomic E-state index is -0.634. The van der Waals surface area contributed by atoms with Crippen LogP contribution in [0, 0.1) is 13.8 Å². The predicted molar refractivity (Wildman–Crippen MR) is 106 cm³/mol. The standard InChI is InChI=1S/C19H20ClN5O4/c1-10-5-12(3-4-13(10)20)14-8-25(23-22-14)15-6-17(29-16(15)9-26)24-7-11(2)18(27)21-19(24)28/h3-5,7-8,15-17,26H,6,9H2,1-2H3,(H,21,27,28). The molecule has 0 saturated carbocycles. The van der Waals surface area contributed by atoms with Crippen molar-refractivity contribution in [3.05, 3.63) is 67.6 Å². The summed E-state index contributed by atoms with van der Waals surface area (Å²) in [6.45, 7) is 3.29. The highest BCUT2D eigenvalue weighted by Crippen LogP contribution is 2.36. The smallest absolute Gasteiger partial charge is 0.330 e. The molecule has 3 heterocycles. The van der Waals surface area contributed by atoms with Gasteiger partial charge in [-0.3, -0.25) is 14.3 Å². The summed E-state index contributed by atoms with van der Waals surface area (Å²) in [6.07, 6.45) is 2.43. The molecule has 1 saturated heterocycles. The van der Waals surface area contributed by atoms with Gasteiger partial charge in [0.05, 0.1) is 18.8 Å². The molecule has 1 aliphatic rings. The van der Waals surface area contributed by atoms with Crippen molar-refractivity contribution in [2.24, 2.45) is 0 Å². The van der Waals surface area contributed by atoms with E-state index in [1.165, 1.54) is 10.8 Å². The SMILES string of the molecule is Cc1cc(-c2cn(C3CC(n4cc(C)c(=O)[nH]c4=O)OC3CO)nn2)ccc1Cl. The number of rotatable bonds is 4. The molecular formula is C19H20ClN5O4. The minimum absolute atomic E-state index is 0.243. The van der Waals surface area contributed by atoms with Crippen molar-refractivity contribution in [3.8, 4) is 11.3 Å². The molecule has 29 heavy (non-hydrogen) atoms. The monoisotopic (exact) mass is 417 g/mol. The van der Waals surface area contributed by atoms with Gasteiger partial charge >= 0.3 is 5.69 Å². The Balaban J connectivity index is 1.63. The third kappa shape index (κ3) is 3.64. The lowest BCUT2D eigenvalue weighted by molar-refractivity contribution is -0.0323. The molecule has 0 aliphatic carbocycles. The molecule has 1 aromatic carbocycles. The first-order valence-corrected chi connectivity index (χ1v) is 9.52. The maximum Gasteiger partial charge on any atom is 0.330 e. The average molecular weight is 418 g/mol. The van der Waals surface area contributed by atoms with Crippen LogP contribution in [0.1, 0.15) is 29.8 Å². The van der Waals surface area contributed by atoms with E-state index in [-0.39, 0.29) is 12.6 Å². The summed E-state index contributed by atoms with van der Waals surface area (Å²) in [5.41, 5.74) is 1.89. The van der Waals surface area contributed by atoms with Gasteiger partial charge in [0, 0.05) is 28.8 Å². The molecule has 9 nitrogen and oxygen atoms in total. The number of aromatic amines is 1. The number of aryl methyl sites for hydroxylation is 2. The fraction of sp³-hybridized carbons (Fsp3) is 0.368. The van der Waals surface area contributed by atoms with Gasteiger partial charge in [0.25, 0.3) is 5.56 Å².